The first kappa shape index (κ1) is 15.3. The van der Waals surface area contributed by atoms with Crippen LogP contribution in [0.2, 0.25) is 0 Å². The molecule has 23 heavy (non-hydrogen) atoms. The number of hydrogen-bond donors (Lipinski definition) is 1. The highest BCUT2D eigenvalue weighted by molar-refractivity contribution is 6.01. The number of methoxy groups -OCH3 is 1. The second-order valence-corrected chi connectivity index (χ2v) is 5.72. The number of anilines is 1. The number of rotatable bonds is 3. The fourth-order valence-electron chi connectivity index (χ4n) is 2.99. The van der Waals surface area contributed by atoms with E-state index in [4.69, 9.17) is 4.74 Å². The Balaban J connectivity index is 1.71. The van der Waals surface area contributed by atoms with E-state index in [1.54, 1.807) is 24.1 Å². The number of nitrogens with zero attached hydrogens (tertiary/aromatic N) is 2. The van der Waals surface area contributed by atoms with Crippen molar-refractivity contribution >= 4 is 23.4 Å². The largest absolute Gasteiger partial charge is 0.497 e. The summed E-state index contributed by atoms with van der Waals surface area (Å²) in [5.74, 6) is -0.104. The van der Waals surface area contributed by atoms with Crippen molar-refractivity contribution in [1.29, 1.82) is 0 Å². The molecule has 0 aliphatic carbocycles. The van der Waals surface area contributed by atoms with Gasteiger partial charge >= 0.3 is 0 Å². The van der Waals surface area contributed by atoms with Crippen LogP contribution in [0.5, 0.6) is 5.75 Å². The van der Waals surface area contributed by atoms with E-state index in [1.807, 2.05) is 12.1 Å². The molecule has 7 heteroatoms. The van der Waals surface area contributed by atoms with Gasteiger partial charge < -0.3 is 19.9 Å². The Kier molecular flexibility index (Phi) is 4.18. The summed E-state index contributed by atoms with van der Waals surface area (Å²) in [6.45, 7) is 1.37. The lowest BCUT2D eigenvalue weighted by Crippen LogP contribution is -2.51. The molecule has 0 radical (unpaired) electrons. The van der Waals surface area contributed by atoms with Gasteiger partial charge in [0, 0.05) is 37.8 Å². The SMILES string of the molecule is COc1cccc(N2C[C@H](C(=O)N3CCNC(=O)C3)CC2=O)c1. The van der Waals surface area contributed by atoms with Gasteiger partial charge in [0.25, 0.3) is 0 Å². The molecule has 1 aromatic carbocycles. The lowest BCUT2D eigenvalue weighted by Gasteiger charge is -2.28. The maximum atomic E-state index is 12.5. The van der Waals surface area contributed by atoms with Crippen molar-refractivity contribution in [3.05, 3.63) is 24.3 Å². The molecular weight excluding hydrogens is 298 g/mol. The van der Waals surface area contributed by atoms with Crippen LogP contribution in [0.15, 0.2) is 24.3 Å². The first-order valence-electron chi connectivity index (χ1n) is 7.58. The Morgan fingerprint density at radius 3 is 2.91 bits per heavy atom. The van der Waals surface area contributed by atoms with Gasteiger partial charge in [0.15, 0.2) is 0 Å². The third-order valence-electron chi connectivity index (χ3n) is 4.19. The number of carbonyl (C=O) groups is 3. The molecule has 2 heterocycles. The molecule has 2 fully saturated rings. The van der Waals surface area contributed by atoms with Gasteiger partial charge in [-0.25, -0.2) is 0 Å². The summed E-state index contributed by atoms with van der Waals surface area (Å²) in [6.07, 6.45) is 0.175. The van der Waals surface area contributed by atoms with Crippen LogP contribution < -0.4 is 15.0 Å². The number of benzene rings is 1. The molecule has 7 nitrogen and oxygen atoms in total. The minimum absolute atomic E-state index is 0.0721. The van der Waals surface area contributed by atoms with E-state index in [9.17, 15) is 14.4 Å². The Labute approximate surface area is 134 Å². The van der Waals surface area contributed by atoms with Gasteiger partial charge in [0.1, 0.15) is 5.75 Å². The van der Waals surface area contributed by atoms with Gasteiger partial charge in [-0.2, -0.15) is 0 Å². The minimum Gasteiger partial charge on any atom is -0.497 e. The molecular formula is C16H19N3O4. The number of hydrogen-bond acceptors (Lipinski definition) is 4. The van der Waals surface area contributed by atoms with Crippen LogP contribution in [0.1, 0.15) is 6.42 Å². The van der Waals surface area contributed by atoms with Gasteiger partial charge in [0.05, 0.1) is 19.6 Å². The van der Waals surface area contributed by atoms with Crippen molar-refractivity contribution in [2.24, 2.45) is 5.92 Å². The fourth-order valence-corrected chi connectivity index (χ4v) is 2.99. The average molecular weight is 317 g/mol. The monoisotopic (exact) mass is 317 g/mol. The van der Waals surface area contributed by atoms with E-state index < -0.39 is 5.92 Å². The highest BCUT2D eigenvalue weighted by atomic mass is 16.5. The Morgan fingerprint density at radius 2 is 2.17 bits per heavy atom. The van der Waals surface area contributed by atoms with Gasteiger partial charge in [-0.15, -0.1) is 0 Å². The molecule has 3 amide bonds. The number of carbonyl (C=O) groups excluding carboxylic acids is 3. The maximum Gasteiger partial charge on any atom is 0.239 e. The fraction of sp³-hybridized carbons (Fsp3) is 0.438. The molecule has 0 bridgehead atoms. The van der Waals surface area contributed by atoms with Gasteiger partial charge in [0.2, 0.25) is 17.7 Å². The van der Waals surface area contributed by atoms with Crippen LogP contribution in [0.3, 0.4) is 0 Å². The summed E-state index contributed by atoms with van der Waals surface area (Å²) in [5, 5.41) is 2.69. The summed E-state index contributed by atoms with van der Waals surface area (Å²) in [5.41, 5.74) is 0.723. The predicted octanol–water partition coefficient (Wildman–Crippen LogP) is 0.00650. The van der Waals surface area contributed by atoms with Crippen molar-refractivity contribution in [1.82, 2.24) is 10.2 Å². The molecule has 0 saturated carbocycles. The molecule has 1 atom stereocenters. The number of nitrogens with one attached hydrogen (secondary N) is 1. The quantitative estimate of drug-likeness (QED) is 0.851. The van der Waals surface area contributed by atoms with E-state index in [-0.39, 0.29) is 30.7 Å². The lowest BCUT2D eigenvalue weighted by atomic mass is 10.1. The molecule has 122 valence electrons. The van der Waals surface area contributed by atoms with E-state index in [0.29, 0.717) is 25.4 Å². The van der Waals surface area contributed by atoms with Crippen LogP contribution in [-0.4, -0.2) is 55.9 Å². The molecule has 0 aromatic heterocycles. The number of piperazine rings is 1. The first-order chi connectivity index (χ1) is 11.1. The molecule has 1 aromatic rings. The summed E-state index contributed by atoms with van der Waals surface area (Å²) >= 11 is 0. The predicted molar refractivity (Wildman–Crippen MR) is 83.0 cm³/mol. The zero-order valence-electron chi connectivity index (χ0n) is 12.9. The lowest BCUT2D eigenvalue weighted by molar-refractivity contribution is -0.141. The third-order valence-corrected chi connectivity index (χ3v) is 4.19. The Morgan fingerprint density at radius 1 is 1.35 bits per heavy atom. The normalized spacial score (nSPS) is 21.3. The first-order valence-corrected chi connectivity index (χ1v) is 7.58. The van der Waals surface area contributed by atoms with Crippen molar-refractivity contribution in [3.8, 4) is 5.75 Å². The molecule has 2 aliphatic rings. The van der Waals surface area contributed by atoms with E-state index in [1.165, 1.54) is 4.90 Å². The van der Waals surface area contributed by atoms with Gasteiger partial charge in [-0.05, 0) is 12.1 Å². The van der Waals surface area contributed by atoms with Crippen LogP contribution in [0, 0.1) is 5.92 Å². The maximum absolute atomic E-state index is 12.5. The summed E-state index contributed by atoms with van der Waals surface area (Å²) in [7, 11) is 1.57. The van der Waals surface area contributed by atoms with Crippen LogP contribution in [0.4, 0.5) is 5.69 Å². The van der Waals surface area contributed by atoms with E-state index in [2.05, 4.69) is 5.32 Å². The number of ether oxygens (including phenoxy) is 1. The summed E-state index contributed by atoms with van der Waals surface area (Å²) in [4.78, 5) is 39.4. The highest BCUT2D eigenvalue weighted by Crippen LogP contribution is 2.28. The van der Waals surface area contributed by atoms with Crippen molar-refractivity contribution in [2.45, 2.75) is 6.42 Å². The second kappa shape index (κ2) is 6.28. The summed E-state index contributed by atoms with van der Waals surface area (Å²) < 4.78 is 5.17. The number of amides is 3. The Bertz CT molecular complexity index is 646. The zero-order valence-corrected chi connectivity index (χ0v) is 12.9. The van der Waals surface area contributed by atoms with Gasteiger partial charge in [-0.1, -0.05) is 6.07 Å². The van der Waals surface area contributed by atoms with Crippen LogP contribution in [0.25, 0.3) is 0 Å². The van der Waals surface area contributed by atoms with E-state index >= 15 is 0 Å². The molecule has 0 unspecified atom stereocenters. The minimum atomic E-state index is -0.403. The third kappa shape index (κ3) is 3.13. The van der Waals surface area contributed by atoms with E-state index in [0.717, 1.165) is 5.69 Å². The van der Waals surface area contributed by atoms with Gasteiger partial charge in [-0.3, -0.25) is 14.4 Å². The molecule has 2 aliphatic heterocycles. The second-order valence-electron chi connectivity index (χ2n) is 5.72. The average Bonchev–Trinajstić information content (AvgIpc) is 2.96. The zero-order chi connectivity index (χ0) is 16.4. The van der Waals surface area contributed by atoms with Crippen molar-refractivity contribution in [2.75, 3.05) is 38.2 Å². The van der Waals surface area contributed by atoms with Crippen LogP contribution in [-0.2, 0) is 14.4 Å². The van der Waals surface area contributed by atoms with Crippen molar-refractivity contribution in [3.63, 3.8) is 0 Å². The van der Waals surface area contributed by atoms with Crippen molar-refractivity contribution < 1.29 is 19.1 Å². The molecule has 2 saturated heterocycles. The topological polar surface area (TPSA) is 79.0 Å². The smallest absolute Gasteiger partial charge is 0.239 e. The highest BCUT2D eigenvalue weighted by Gasteiger charge is 2.38. The summed E-state index contributed by atoms with van der Waals surface area (Å²) in [6, 6.07) is 7.21. The molecule has 1 N–H and O–H groups in total. The standard InChI is InChI=1S/C16H19N3O4/c1-23-13-4-2-3-12(8-13)19-9-11(7-15(19)21)16(22)18-6-5-17-14(20)10-18/h2-4,8,11H,5-7,9-10H2,1H3,(H,17,20)/t11-/m1/s1. The molecule has 3 rings (SSSR count). The van der Waals surface area contributed by atoms with Crippen LogP contribution >= 0.6 is 0 Å². The molecule has 0 spiro atoms. The Hall–Kier alpha value is -2.57.